The zero-order valence-corrected chi connectivity index (χ0v) is 26.7. The second-order valence-electron chi connectivity index (χ2n) is 11.5. The lowest BCUT2D eigenvalue weighted by Gasteiger charge is -2.09. The van der Waals surface area contributed by atoms with Gasteiger partial charge in [-0.1, -0.05) is 187 Å². The first-order chi connectivity index (χ1) is 17.7. The molecule has 0 aliphatic rings. The van der Waals surface area contributed by atoms with E-state index >= 15 is 0 Å². The number of halogens is 1. The average molecular weight is 530 g/mol. The third-order valence-electron chi connectivity index (χ3n) is 7.49. The van der Waals surface area contributed by atoms with Crippen molar-refractivity contribution < 1.29 is 0 Å². The monoisotopic (exact) mass is 530 g/mol. The van der Waals surface area contributed by atoms with Crippen LogP contribution in [0, 0.1) is 0 Å². The molecule has 0 fully saturated rings. The van der Waals surface area contributed by atoms with Crippen molar-refractivity contribution in [3.8, 4) is 0 Å². The van der Waals surface area contributed by atoms with Crippen LogP contribution in [0.3, 0.4) is 0 Å². The predicted molar refractivity (Wildman–Crippen MR) is 170 cm³/mol. The Bertz CT molecular complexity index is 346. The largest absolute Gasteiger partial charge is 0.323 e. The number of hydrogen-bond donors (Lipinski definition) is 1. The second-order valence-corrected chi connectivity index (χ2v) is 12.1. The summed E-state index contributed by atoms with van der Waals surface area (Å²) in [6, 6.07) is 0. The van der Waals surface area contributed by atoms with E-state index in [0.717, 1.165) is 0 Å². The van der Waals surface area contributed by atoms with Gasteiger partial charge >= 0.3 is 0 Å². The van der Waals surface area contributed by atoms with Crippen molar-refractivity contribution in [2.45, 2.75) is 205 Å². The lowest BCUT2D eigenvalue weighted by Crippen LogP contribution is -1.98. The summed E-state index contributed by atoms with van der Waals surface area (Å²) in [5.41, 5.74) is 0. The van der Waals surface area contributed by atoms with Crippen LogP contribution in [0.25, 0.3) is 0 Å². The van der Waals surface area contributed by atoms with Crippen molar-refractivity contribution in [1.82, 2.24) is 5.32 Å². The number of unbranched alkanes of at least 4 members (excludes halogenated alkanes) is 25. The van der Waals surface area contributed by atoms with Crippen molar-refractivity contribution in [2.24, 2.45) is 0 Å². The van der Waals surface area contributed by atoms with Gasteiger partial charge in [-0.15, -0.1) is 11.6 Å². The Morgan fingerprint density at radius 3 is 0.722 bits per heavy atom. The fourth-order valence-corrected chi connectivity index (χ4v) is 5.40. The van der Waals surface area contributed by atoms with Gasteiger partial charge in [0.05, 0.1) is 0 Å². The summed E-state index contributed by atoms with van der Waals surface area (Å²) in [6.07, 6.45) is 41.4. The lowest BCUT2D eigenvalue weighted by atomic mass is 10.0. The minimum Gasteiger partial charge on any atom is -0.323 e. The minimum atomic E-state index is 0.440. The highest BCUT2D eigenvalue weighted by Crippen LogP contribution is 2.19. The second kappa shape index (κ2) is 37.4. The number of hydrogen-bond acceptors (Lipinski definition) is 1. The molecular weight excluding hydrogens is 458 g/mol. The molecule has 1 N–H and O–H groups in total. The molecule has 36 heavy (non-hydrogen) atoms. The molecule has 0 bridgehead atoms. The molecule has 1 nitrogen and oxygen atoms in total. The maximum atomic E-state index is 6.55. The van der Waals surface area contributed by atoms with Crippen molar-refractivity contribution in [3.05, 3.63) is 0 Å². The van der Waals surface area contributed by atoms with Crippen LogP contribution < -0.4 is 5.32 Å². The van der Waals surface area contributed by atoms with Gasteiger partial charge in [-0.3, -0.25) is 0 Å². The topological polar surface area (TPSA) is 12.0 Å². The van der Waals surface area contributed by atoms with Crippen molar-refractivity contribution in [3.63, 3.8) is 0 Å². The van der Waals surface area contributed by atoms with E-state index in [1.165, 1.54) is 186 Å². The zero-order chi connectivity index (χ0) is 26.8. The number of nitrogens with one attached hydrogen (secondary N) is 1. The van der Waals surface area contributed by atoms with E-state index in [-0.39, 0.29) is 0 Å². The Balaban J connectivity index is 0. The van der Waals surface area contributed by atoms with Gasteiger partial charge in [0.25, 0.3) is 0 Å². The smallest absolute Gasteiger partial charge is 0.0336 e. The summed E-state index contributed by atoms with van der Waals surface area (Å²) in [7, 11) is 3.75. The van der Waals surface area contributed by atoms with Crippen LogP contribution in [-0.4, -0.2) is 19.5 Å². The van der Waals surface area contributed by atoms with Gasteiger partial charge in [0, 0.05) is 5.38 Å². The molecule has 0 heterocycles. The molecule has 0 aromatic heterocycles. The van der Waals surface area contributed by atoms with Gasteiger partial charge in [0.15, 0.2) is 0 Å². The fraction of sp³-hybridized carbons (Fsp3) is 1.00. The van der Waals surface area contributed by atoms with Gasteiger partial charge < -0.3 is 5.32 Å². The van der Waals surface area contributed by atoms with Gasteiger partial charge in [-0.2, -0.15) is 0 Å². The van der Waals surface area contributed by atoms with E-state index in [2.05, 4.69) is 19.2 Å². The normalized spacial score (nSPS) is 11.9. The van der Waals surface area contributed by atoms with Crippen LogP contribution in [0.2, 0.25) is 0 Å². The van der Waals surface area contributed by atoms with E-state index < -0.39 is 0 Å². The van der Waals surface area contributed by atoms with E-state index in [9.17, 15) is 0 Å². The summed E-state index contributed by atoms with van der Waals surface area (Å²) < 4.78 is 0. The van der Waals surface area contributed by atoms with Crippen molar-refractivity contribution >= 4 is 11.6 Å². The molecule has 0 amide bonds. The highest BCUT2D eigenvalue weighted by molar-refractivity contribution is 6.20. The van der Waals surface area contributed by atoms with Crippen LogP contribution in [0.1, 0.15) is 200 Å². The first kappa shape index (κ1) is 38.4. The van der Waals surface area contributed by atoms with Gasteiger partial charge in [-0.25, -0.2) is 0 Å². The summed E-state index contributed by atoms with van der Waals surface area (Å²) in [5.74, 6) is 0. The van der Waals surface area contributed by atoms with E-state index in [4.69, 9.17) is 11.6 Å². The van der Waals surface area contributed by atoms with E-state index in [0.29, 0.717) is 5.38 Å². The average Bonchev–Trinajstić information content (AvgIpc) is 2.87. The molecule has 1 unspecified atom stereocenters. The maximum absolute atomic E-state index is 6.55. The molecule has 0 aromatic rings. The van der Waals surface area contributed by atoms with E-state index in [1.807, 2.05) is 14.1 Å². The number of alkyl halides is 1. The predicted octanol–water partition coefficient (Wildman–Crippen LogP) is 12.8. The summed E-state index contributed by atoms with van der Waals surface area (Å²) >= 11 is 6.55. The highest BCUT2D eigenvalue weighted by Gasteiger charge is 2.04. The molecule has 0 radical (unpaired) electrons. The standard InChI is InChI=1S/C32H65Cl.C2H7N/c1-3-5-7-9-11-13-14-15-16-17-18-19-20-21-23-25-27-29-31-32(33)30-28-26-24-22-12-10-8-6-4-2;1-3-2/h32H,3-31H2,1-2H3;3H,1-2H3. The summed E-state index contributed by atoms with van der Waals surface area (Å²) in [5, 5.41) is 3.19. The molecule has 1 atom stereocenters. The van der Waals surface area contributed by atoms with Crippen LogP contribution >= 0.6 is 11.6 Å². The van der Waals surface area contributed by atoms with E-state index in [1.54, 1.807) is 0 Å². The maximum Gasteiger partial charge on any atom is 0.0336 e. The third-order valence-corrected chi connectivity index (χ3v) is 7.93. The molecule has 0 aromatic carbocycles. The number of rotatable bonds is 29. The molecule has 0 saturated carbocycles. The Morgan fingerprint density at radius 1 is 0.361 bits per heavy atom. The Kier molecular flexibility index (Phi) is 39.9. The van der Waals surface area contributed by atoms with Crippen LogP contribution in [-0.2, 0) is 0 Å². The highest BCUT2D eigenvalue weighted by atomic mass is 35.5. The van der Waals surface area contributed by atoms with Crippen molar-refractivity contribution in [2.75, 3.05) is 14.1 Å². The molecular formula is C34H72ClN. The van der Waals surface area contributed by atoms with Gasteiger partial charge in [0.1, 0.15) is 0 Å². The summed E-state index contributed by atoms with van der Waals surface area (Å²) in [6.45, 7) is 4.60. The SMILES string of the molecule is CCCCCCCCCCCCCCCCCCCCC(Cl)CCCCCCCCCCC.CNC. The molecule has 0 aliphatic carbocycles. The Labute approximate surface area is 236 Å². The summed E-state index contributed by atoms with van der Waals surface area (Å²) in [4.78, 5) is 0. The zero-order valence-electron chi connectivity index (χ0n) is 26.0. The first-order valence-corrected chi connectivity index (χ1v) is 17.4. The lowest BCUT2D eigenvalue weighted by molar-refractivity contribution is 0.515. The van der Waals surface area contributed by atoms with Gasteiger partial charge in [-0.05, 0) is 26.9 Å². The van der Waals surface area contributed by atoms with Crippen LogP contribution in [0.4, 0.5) is 0 Å². The molecule has 220 valence electrons. The van der Waals surface area contributed by atoms with Gasteiger partial charge in [0.2, 0.25) is 0 Å². The van der Waals surface area contributed by atoms with Crippen molar-refractivity contribution in [1.29, 1.82) is 0 Å². The Hall–Kier alpha value is 0.250. The van der Waals surface area contributed by atoms with Crippen LogP contribution in [0.15, 0.2) is 0 Å². The van der Waals surface area contributed by atoms with Crippen LogP contribution in [0.5, 0.6) is 0 Å². The molecule has 0 spiro atoms. The molecule has 0 saturated heterocycles. The molecule has 0 aliphatic heterocycles. The fourth-order valence-electron chi connectivity index (χ4n) is 5.09. The minimum absolute atomic E-state index is 0.440. The quantitative estimate of drug-likeness (QED) is 0.0749. The molecule has 2 heteroatoms. The molecule has 0 rings (SSSR count). The first-order valence-electron chi connectivity index (χ1n) is 16.9. The third kappa shape index (κ3) is 38.8. The Morgan fingerprint density at radius 2 is 0.528 bits per heavy atom.